The summed E-state index contributed by atoms with van der Waals surface area (Å²) in [5.41, 5.74) is 1.51. The van der Waals surface area contributed by atoms with Crippen LogP contribution in [0.25, 0.3) is 0 Å². The van der Waals surface area contributed by atoms with E-state index in [1.807, 2.05) is 30.3 Å². The lowest BCUT2D eigenvalue weighted by Crippen LogP contribution is -2.32. The number of para-hydroxylation sites is 1. The number of carbonyl (C=O) groups is 2. The van der Waals surface area contributed by atoms with Crippen molar-refractivity contribution in [3.63, 3.8) is 0 Å². The highest BCUT2D eigenvalue weighted by molar-refractivity contribution is 5.99. The molecule has 30 heavy (non-hydrogen) atoms. The number of hydrogen-bond donors (Lipinski definition) is 3. The van der Waals surface area contributed by atoms with Crippen molar-refractivity contribution >= 4 is 28.9 Å². The molecular weight excluding hydrogens is 395 g/mol. The van der Waals surface area contributed by atoms with Gasteiger partial charge in [0.1, 0.15) is 0 Å². The van der Waals surface area contributed by atoms with Gasteiger partial charge in [-0.3, -0.25) is 9.59 Å². The summed E-state index contributed by atoms with van der Waals surface area (Å²) >= 11 is 0. The molecule has 8 heteroatoms. The fourth-order valence-electron chi connectivity index (χ4n) is 2.60. The van der Waals surface area contributed by atoms with Crippen LogP contribution >= 0.6 is 0 Å². The zero-order valence-corrected chi connectivity index (χ0v) is 15.7. The highest BCUT2D eigenvalue weighted by atomic mass is 19.4. The molecule has 0 radical (unpaired) electrons. The van der Waals surface area contributed by atoms with Crippen molar-refractivity contribution in [2.24, 2.45) is 0 Å². The van der Waals surface area contributed by atoms with Crippen LogP contribution in [0.4, 0.5) is 30.2 Å². The van der Waals surface area contributed by atoms with Crippen LogP contribution in [0.1, 0.15) is 15.9 Å². The first-order valence-electron chi connectivity index (χ1n) is 8.99. The van der Waals surface area contributed by atoms with Gasteiger partial charge in [-0.2, -0.15) is 13.2 Å². The topological polar surface area (TPSA) is 70.2 Å². The number of carbonyl (C=O) groups excluding carboxylic acids is 2. The molecule has 154 valence electrons. The molecule has 0 aliphatic heterocycles. The summed E-state index contributed by atoms with van der Waals surface area (Å²) in [6.07, 6.45) is -4.47. The van der Waals surface area contributed by atoms with Gasteiger partial charge in [0.2, 0.25) is 5.91 Å². The molecule has 5 nitrogen and oxygen atoms in total. The third kappa shape index (κ3) is 5.84. The minimum absolute atomic E-state index is 0.0344. The Kier molecular flexibility index (Phi) is 6.36. The predicted molar refractivity (Wildman–Crippen MR) is 109 cm³/mol. The van der Waals surface area contributed by atoms with Crippen LogP contribution in [0, 0.1) is 0 Å². The summed E-state index contributed by atoms with van der Waals surface area (Å²) in [4.78, 5) is 24.0. The lowest BCUT2D eigenvalue weighted by Gasteiger charge is -2.10. The molecule has 0 heterocycles. The van der Waals surface area contributed by atoms with E-state index < -0.39 is 23.6 Å². The average Bonchev–Trinajstić information content (AvgIpc) is 2.74. The van der Waals surface area contributed by atoms with Crippen LogP contribution in [0.3, 0.4) is 0 Å². The summed E-state index contributed by atoms with van der Waals surface area (Å²) in [7, 11) is 0. The number of rotatable bonds is 6. The number of alkyl halides is 3. The second-order valence-electron chi connectivity index (χ2n) is 6.37. The van der Waals surface area contributed by atoms with Crippen LogP contribution in [-0.2, 0) is 11.0 Å². The predicted octanol–water partition coefficient (Wildman–Crippen LogP) is 4.82. The van der Waals surface area contributed by atoms with Gasteiger partial charge in [0.05, 0.1) is 12.1 Å². The van der Waals surface area contributed by atoms with Gasteiger partial charge in [0, 0.05) is 22.6 Å². The second-order valence-corrected chi connectivity index (χ2v) is 6.37. The Morgan fingerprint density at radius 2 is 1.30 bits per heavy atom. The monoisotopic (exact) mass is 413 g/mol. The molecule has 0 aliphatic carbocycles. The van der Waals surface area contributed by atoms with Gasteiger partial charge < -0.3 is 16.0 Å². The first kappa shape index (κ1) is 20.9. The van der Waals surface area contributed by atoms with E-state index in [0.29, 0.717) is 5.69 Å². The Balaban J connectivity index is 1.49. The molecule has 3 rings (SSSR count). The highest BCUT2D eigenvalue weighted by Gasteiger charge is 2.30. The summed E-state index contributed by atoms with van der Waals surface area (Å²) in [5, 5.41) is 8.23. The van der Waals surface area contributed by atoms with Crippen LogP contribution in [0.5, 0.6) is 0 Å². The van der Waals surface area contributed by atoms with Crippen LogP contribution in [0.2, 0.25) is 0 Å². The smallest absolute Gasteiger partial charge is 0.356 e. The molecule has 0 aliphatic rings. The molecule has 2 amide bonds. The minimum Gasteiger partial charge on any atom is -0.356 e. The minimum atomic E-state index is -4.47. The summed E-state index contributed by atoms with van der Waals surface area (Å²) < 4.78 is 37.7. The van der Waals surface area contributed by atoms with Crippen molar-refractivity contribution in [2.45, 2.75) is 6.18 Å². The lowest BCUT2D eigenvalue weighted by molar-refractivity contribution is -0.137. The van der Waals surface area contributed by atoms with E-state index in [-0.39, 0.29) is 12.1 Å². The van der Waals surface area contributed by atoms with Gasteiger partial charge in [-0.05, 0) is 60.7 Å². The Morgan fingerprint density at radius 1 is 0.733 bits per heavy atom. The molecule has 0 atom stereocenters. The van der Waals surface area contributed by atoms with Crippen molar-refractivity contribution in [3.8, 4) is 0 Å². The van der Waals surface area contributed by atoms with Crippen LogP contribution in [0.15, 0.2) is 78.9 Å². The standard InChI is InChI=1S/C22H18F3N3O2/c23-22(24,25)16-8-6-15(7-9-16)21(30)26-14-20(29)28-19-12-10-18(11-13-19)27-17-4-2-1-3-5-17/h1-13,27H,14H2,(H,26,30)(H,28,29). The van der Waals surface area contributed by atoms with E-state index in [0.717, 1.165) is 35.6 Å². The first-order chi connectivity index (χ1) is 14.3. The Morgan fingerprint density at radius 3 is 1.90 bits per heavy atom. The van der Waals surface area contributed by atoms with Crippen molar-refractivity contribution in [3.05, 3.63) is 90.0 Å². The van der Waals surface area contributed by atoms with Crippen molar-refractivity contribution in [1.29, 1.82) is 0 Å². The fraction of sp³-hybridized carbons (Fsp3) is 0.0909. The zero-order chi connectivity index (χ0) is 21.6. The molecule has 0 bridgehead atoms. The Labute approximate surface area is 170 Å². The van der Waals surface area contributed by atoms with E-state index >= 15 is 0 Å². The van der Waals surface area contributed by atoms with Crippen molar-refractivity contribution in [2.75, 3.05) is 17.2 Å². The van der Waals surface area contributed by atoms with E-state index in [9.17, 15) is 22.8 Å². The number of nitrogens with one attached hydrogen (secondary N) is 3. The van der Waals surface area contributed by atoms with Crippen LogP contribution in [-0.4, -0.2) is 18.4 Å². The first-order valence-corrected chi connectivity index (χ1v) is 8.99. The van der Waals surface area contributed by atoms with E-state index in [1.54, 1.807) is 24.3 Å². The third-order valence-corrected chi connectivity index (χ3v) is 4.12. The lowest BCUT2D eigenvalue weighted by atomic mass is 10.1. The zero-order valence-electron chi connectivity index (χ0n) is 15.7. The summed E-state index contributed by atoms with van der Waals surface area (Å²) in [5.74, 6) is -1.10. The molecular formula is C22H18F3N3O2. The number of anilines is 3. The SMILES string of the molecule is O=C(CNC(=O)c1ccc(C(F)(F)F)cc1)Nc1ccc(Nc2ccccc2)cc1. The number of benzene rings is 3. The molecule has 3 aromatic carbocycles. The molecule has 3 N–H and O–H groups in total. The van der Waals surface area contributed by atoms with Gasteiger partial charge in [-0.1, -0.05) is 18.2 Å². The van der Waals surface area contributed by atoms with Gasteiger partial charge in [-0.15, -0.1) is 0 Å². The molecule has 3 aromatic rings. The maximum absolute atomic E-state index is 12.6. The second kappa shape index (κ2) is 9.13. The molecule has 0 unspecified atom stereocenters. The maximum atomic E-state index is 12.6. The van der Waals surface area contributed by atoms with Gasteiger partial charge in [0.15, 0.2) is 0 Å². The van der Waals surface area contributed by atoms with Crippen molar-refractivity contribution < 1.29 is 22.8 Å². The quantitative estimate of drug-likeness (QED) is 0.543. The molecule has 0 fully saturated rings. The van der Waals surface area contributed by atoms with E-state index in [2.05, 4.69) is 16.0 Å². The molecule has 0 saturated heterocycles. The van der Waals surface area contributed by atoms with E-state index in [1.165, 1.54) is 0 Å². The molecule has 0 spiro atoms. The fourth-order valence-corrected chi connectivity index (χ4v) is 2.60. The summed E-state index contributed by atoms with van der Waals surface area (Å²) in [6.45, 7) is -0.316. The number of amides is 2. The highest BCUT2D eigenvalue weighted by Crippen LogP contribution is 2.29. The Hall–Kier alpha value is -3.81. The maximum Gasteiger partial charge on any atom is 0.416 e. The van der Waals surface area contributed by atoms with Crippen LogP contribution < -0.4 is 16.0 Å². The molecule has 0 saturated carbocycles. The van der Waals surface area contributed by atoms with Gasteiger partial charge >= 0.3 is 6.18 Å². The average molecular weight is 413 g/mol. The Bertz CT molecular complexity index is 1000. The number of halogens is 3. The summed E-state index contributed by atoms with van der Waals surface area (Å²) in [6, 6.07) is 20.4. The molecule has 0 aromatic heterocycles. The van der Waals surface area contributed by atoms with E-state index in [4.69, 9.17) is 0 Å². The third-order valence-electron chi connectivity index (χ3n) is 4.12. The van der Waals surface area contributed by atoms with Gasteiger partial charge in [0.25, 0.3) is 5.91 Å². The normalized spacial score (nSPS) is 10.9. The van der Waals surface area contributed by atoms with Crippen molar-refractivity contribution in [1.82, 2.24) is 5.32 Å². The number of hydrogen-bond acceptors (Lipinski definition) is 3. The van der Waals surface area contributed by atoms with Gasteiger partial charge in [-0.25, -0.2) is 0 Å². The largest absolute Gasteiger partial charge is 0.416 e.